The zero-order valence-electron chi connectivity index (χ0n) is 16.7. The molecule has 7 nitrogen and oxygen atoms in total. The van der Waals surface area contributed by atoms with Crippen LogP contribution in [-0.4, -0.2) is 38.1 Å². The molecule has 1 saturated heterocycles. The van der Waals surface area contributed by atoms with Gasteiger partial charge in [0.15, 0.2) is 0 Å². The lowest BCUT2D eigenvalue weighted by Gasteiger charge is -2.21. The van der Waals surface area contributed by atoms with E-state index in [1.807, 2.05) is 25.6 Å². The summed E-state index contributed by atoms with van der Waals surface area (Å²) in [5.74, 6) is 0.902. The van der Waals surface area contributed by atoms with Crippen LogP contribution >= 0.6 is 11.8 Å². The summed E-state index contributed by atoms with van der Waals surface area (Å²) in [7, 11) is 0. The van der Waals surface area contributed by atoms with Crippen LogP contribution in [0.15, 0.2) is 35.7 Å². The molecule has 30 heavy (non-hydrogen) atoms. The number of aromatic nitrogens is 4. The first-order valence-electron chi connectivity index (χ1n) is 10.6. The van der Waals surface area contributed by atoms with E-state index in [0.29, 0.717) is 24.9 Å². The van der Waals surface area contributed by atoms with Crippen LogP contribution in [0.4, 0.5) is 0 Å². The number of pyridine rings is 2. The van der Waals surface area contributed by atoms with Gasteiger partial charge in [-0.25, -0.2) is 9.97 Å². The maximum absolute atomic E-state index is 11.7. The third kappa shape index (κ3) is 3.14. The molecule has 2 fully saturated rings. The number of nitrogens with zero attached hydrogens (tertiary/aromatic N) is 4. The average molecular weight is 422 g/mol. The molecule has 3 aliphatic rings. The van der Waals surface area contributed by atoms with Crippen LogP contribution in [0, 0.1) is 5.92 Å². The smallest absolute Gasteiger partial charge is 0.240 e. The molecule has 154 valence electrons. The van der Waals surface area contributed by atoms with Gasteiger partial charge in [-0.05, 0) is 43.9 Å². The van der Waals surface area contributed by atoms with Crippen LogP contribution in [0.25, 0.3) is 11.0 Å². The molecule has 3 atom stereocenters. The molecule has 1 saturated carbocycles. The van der Waals surface area contributed by atoms with Crippen LogP contribution in [-0.2, 0) is 11.2 Å². The lowest BCUT2D eigenvalue weighted by Crippen LogP contribution is -2.26. The fraction of sp³-hybridized carbons (Fsp3) is 0.455. The zero-order valence-corrected chi connectivity index (χ0v) is 17.6. The van der Waals surface area contributed by atoms with Crippen molar-refractivity contribution in [3.05, 3.63) is 42.1 Å². The molecule has 1 amide bonds. The van der Waals surface area contributed by atoms with Gasteiger partial charge in [0, 0.05) is 42.2 Å². The van der Waals surface area contributed by atoms with Crippen molar-refractivity contribution >= 4 is 28.7 Å². The van der Waals surface area contributed by atoms with Crippen molar-refractivity contribution in [2.24, 2.45) is 5.92 Å². The molecular weight excluding hydrogens is 398 g/mol. The SMILES string of the molecule is C[C@@H](Oc1nc(C2Cc3ccncc3S2)cc2ncn(C3CC3)c12)[C@H]1CNC(=O)C1. The van der Waals surface area contributed by atoms with E-state index in [9.17, 15) is 4.79 Å². The third-order valence-electron chi connectivity index (χ3n) is 6.32. The number of amides is 1. The molecule has 0 aromatic carbocycles. The van der Waals surface area contributed by atoms with E-state index in [1.54, 1.807) is 11.8 Å². The van der Waals surface area contributed by atoms with E-state index < -0.39 is 0 Å². The lowest BCUT2D eigenvalue weighted by molar-refractivity contribution is -0.119. The van der Waals surface area contributed by atoms with Crippen molar-refractivity contribution in [1.29, 1.82) is 0 Å². The second-order valence-corrected chi connectivity index (χ2v) is 9.73. The summed E-state index contributed by atoms with van der Waals surface area (Å²) < 4.78 is 8.64. The number of imidazole rings is 1. The summed E-state index contributed by atoms with van der Waals surface area (Å²) >= 11 is 1.81. The molecule has 1 N–H and O–H groups in total. The number of carbonyl (C=O) groups excluding carboxylic acids is 1. The quantitative estimate of drug-likeness (QED) is 0.680. The molecule has 2 aliphatic heterocycles. The van der Waals surface area contributed by atoms with E-state index in [0.717, 1.165) is 23.1 Å². The molecule has 1 aliphatic carbocycles. The van der Waals surface area contributed by atoms with Gasteiger partial charge in [0.1, 0.15) is 11.6 Å². The fourth-order valence-electron chi connectivity index (χ4n) is 4.40. The number of hydrogen-bond acceptors (Lipinski definition) is 6. The van der Waals surface area contributed by atoms with Crippen molar-refractivity contribution < 1.29 is 9.53 Å². The van der Waals surface area contributed by atoms with Crippen molar-refractivity contribution in [3.8, 4) is 5.88 Å². The van der Waals surface area contributed by atoms with Crippen LogP contribution in [0.3, 0.4) is 0 Å². The van der Waals surface area contributed by atoms with Crippen LogP contribution in [0.1, 0.15) is 48.7 Å². The van der Waals surface area contributed by atoms with Gasteiger partial charge in [-0.2, -0.15) is 0 Å². The predicted molar refractivity (Wildman–Crippen MR) is 114 cm³/mol. The van der Waals surface area contributed by atoms with E-state index in [4.69, 9.17) is 14.7 Å². The van der Waals surface area contributed by atoms with Crippen molar-refractivity contribution in [2.75, 3.05) is 6.54 Å². The van der Waals surface area contributed by atoms with Gasteiger partial charge in [-0.3, -0.25) is 9.78 Å². The van der Waals surface area contributed by atoms with Crippen molar-refractivity contribution in [1.82, 2.24) is 24.8 Å². The van der Waals surface area contributed by atoms with Gasteiger partial charge in [0.25, 0.3) is 0 Å². The number of carbonyl (C=O) groups is 1. The number of fused-ring (bicyclic) bond motifs is 2. The van der Waals surface area contributed by atoms with E-state index >= 15 is 0 Å². The third-order valence-corrected chi connectivity index (χ3v) is 7.64. The highest BCUT2D eigenvalue weighted by atomic mass is 32.2. The Morgan fingerprint density at radius 3 is 3.00 bits per heavy atom. The maximum atomic E-state index is 11.7. The molecule has 5 heterocycles. The standard InChI is InChI=1S/C22H23N5O2S/c1-12(14-7-20(28)24-9-14)29-22-21-17(25-11-27(21)15-2-3-15)8-16(26-22)18-6-13-4-5-23-10-19(13)30-18/h4-5,8,10-12,14-15,18H,2-3,6-7,9H2,1H3,(H,24,28)/t12-,14-,18?/m1/s1. The molecule has 0 bridgehead atoms. The normalized spacial score (nSPS) is 24.1. The number of thioether (sulfide) groups is 1. The van der Waals surface area contributed by atoms with E-state index in [-0.39, 0.29) is 23.2 Å². The van der Waals surface area contributed by atoms with Gasteiger partial charge >= 0.3 is 0 Å². The minimum atomic E-state index is -0.102. The molecule has 6 rings (SSSR count). The zero-order chi connectivity index (χ0) is 20.2. The first kappa shape index (κ1) is 18.2. The van der Waals surface area contributed by atoms with Gasteiger partial charge in [0.2, 0.25) is 11.8 Å². The molecule has 3 aromatic heterocycles. The molecule has 0 spiro atoms. The second-order valence-electron chi connectivity index (χ2n) is 8.49. The highest BCUT2D eigenvalue weighted by Gasteiger charge is 2.32. The Balaban J connectivity index is 1.37. The number of hydrogen-bond donors (Lipinski definition) is 1. The Labute approximate surface area is 178 Å². The summed E-state index contributed by atoms with van der Waals surface area (Å²) in [6.45, 7) is 2.69. The maximum Gasteiger partial charge on any atom is 0.240 e. The highest BCUT2D eigenvalue weighted by molar-refractivity contribution is 7.99. The summed E-state index contributed by atoms with van der Waals surface area (Å²) in [5.41, 5.74) is 4.22. The van der Waals surface area contributed by atoms with Gasteiger partial charge < -0.3 is 14.6 Å². The second kappa shape index (κ2) is 6.97. The Hall–Kier alpha value is -2.61. The number of rotatable bonds is 5. The van der Waals surface area contributed by atoms with Gasteiger partial charge in [-0.15, -0.1) is 11.8 Å². The van der Waals surface area contributed by atoms with Gasteiger partial charge in [0.05, 0.1) is 22.8 Å². The molecular formula is C22H23N5O2S. The molecule has 8 heteroatoms. The largest absolute Gasteiger partial charge is 0.473 e. The summed E-state index contributed by atoms with van der Waals surface area (Å²) in [6, 6.07) is 4.70. The van der Waals surface area contributed by atoms with E-state index in [1.165, 1.54) is 23.3 Å². The highest BCUT2D eigenvalue weighted by Crippen LogP contribution is 2.47. The van der Waals surface area contributed by atoms with Crippen LogP contribution < -0.4 is 10.1 Å². The monoisotopic (exact) mass is 421 g/mol. The van der Waals surface area contributed by atoms with Crippen LogP contribution in [0.2, 0.25) is 0 Å². The molecule has 3 aromatic rings. The van der Waals surface area contributed by atoms with Crippen molar-refractivity contribution in [3.63, 3.8) is 0 Å². The predicted octanol–water partition coefficient (Wildman–Crippen LogP) is 3.45. The Morgan fingerprint density at radius 1 is 1.33 bits per heavy atom. The molecule has 1 unspecified atom stereocenters. The first-order chi connectivity index (χ1) is 14.7. The van der Waals surface area contributed by atoms with Gasteiger partial charge in [-0.1, -0.05) is 0 Å². The fourth-order valence-corrected chi connectivity index (χ4v) is 5.63. The Morgan fingerprint density at radius 2 is 2.23 bits per heavy atom. The minimum absolute atomic E-state index is 0.0964. The number of nitrogens with one attached hydrogen (secondary N) is 1. The van der Waals surface area contributed by atoms with Crippen molar-refractivity contribution in [2.45, 2.75) is 54.9 Å². The summed E-state index contributed by atoms with van der Waals surface area (Å²) in [5, 5.41) is 3.14. The van der Waals surface area contributed by atoms with E-state index in [2.05, 4.69) is 27.0 Å². The topological polar surface area (TPSA) is 81.9 Å². The average Bonchev–Trinajstić information content (AvgIpc) is 3.15. The Bertz CT molecular complexity index is 1120. The van der Waals surface area contributed by atoms with Crippen LogP contribution in [0.5, 0.6) is 5.88 Å². The summed E-state index contributed by atoms with van der Waals surface area (Å²) in [6.07, 6.45) is 9.38. The number of ether oxygens (including phenoxy) is 1. The lowest BCUT2D eigenvalue weighted by atomic mass is 10.0. The molecule has 0 radical (unpaired) electrons. The minimum Gasteiger partial charge on any atom is -0.473 e. The first-order valence-corrected chi connectivity index (χ1v) is 11.4. The summed E-state index contributed by atoms with van der Waals surface area (Å²) in [4.78, 5) is 26.8. The Kier molecular flexibility index (Phi) is 4.23.